The molecule has 1 N–H and O–H groups in total. The summed E-state index contributed by atoms with van der Waals surface area (Å²) in [5.74, 6) is 0.855. The van der Waals surface area contributed by atoms with Gasteiger partial charge in [-0.2, -0.15) is 5.10 Å². The van der Waals surface area contributed by atoms with Gasteiger partial charge >= 0.3 is 0 Å². The van der Waals surface area contributed by atoms with Crippen LogP contribution in [0.3, 0.4) is 0 Å². The molecule has 2 atom stereocenters. The second kappa shape index (κ2) is 6.72. The zero-order valence-electron chi connectivity index (χ0n) is 14.0. The van der Waals surface area contributed by atoms with Crippen LogP contribution in [0, 0.1) is 0 Å². The van der Waals surface area contributed by atoms with Crippen LogP contribution in [0.4, 0.5) is 0 Å². The van der Waals surface area contributed by atoms with E-state index in [1.54, 1.807) is 7.11 Å². The zero-order chi connectivity index (χ0) is 16.4. The fourth-order valence-electron chi connectivity index (χ4n) is 3.21. The molecule has 1 aromatic heterocycles. The Hall–Kier alpha value is -1.85. The van der Waals surface area contributed by atoms with Gasteiger partial charge in [0.1, 0.15) is 5.75 Å². The molecule has 3 rings (SSSR count). The first kappa shape index (κ1) is 16.0. The highest BCUT2D eigenvalue weighted by Gasteiger charge is 2.32. The fourth-order valence-corrected chi connectivity index (χ4v) is 3.21. The smallest absolute Gasteiger partial charge is 0.119 e. The minimum Gasteiger partial charge on any atom is -0.497 e. The second-order valence-electron chi connectivity index (χ2n) is 6.49. The third-order valence-corrected chi connectivity index (χ3v) is 4.42. The van der Waals surface area contributed by atoms with E-state index in [1.807, 2.05) is 23.0 Å². The van der Waals surface area contributed by atoms with Gasteiger partial charge in [0.25, 0.3) is 0 Å². The molecule has 5 heteroatoms. The average molecular weight is 315 g/mol. The number of benzene rings is 1. The third-order valence-electron chi connectivity index (χ3n) is 4.42. The topological polar surface area (TPSA) is 50.5 Å². The normalized spacial score (nSPS) is 22.0. The molecule has 5 nitrogen and oxygen atoms in total. The number of aliphatic hydroxyl groups excluding tert-OH is 1. The van der Waals surface area contributed by atoms with Crippen LogP contribution < -0.4 is 4.74 Å². The number of nitrogens with zero attached hydrogens (tertiary/aromatic N) is 3. The summed E-state index contributed by atoms with van der Waals surface area (Å²) in [6, 6.07) is 10.7. The highest BCUT2D eigenvalue weighted by molar-refractivity contribution is 5.31. The summed E-state index contributed by atoms with van der Waals surface area (Å²) in [6.45, 7) is 5.67. The molecular weight excluding hydrogens is 290 g/mol. The summed E-state index contributed by atoms with van der Waals surface area (Å²) in [5.41, 5.74) is 2.23. The summed E-state index contributed by atoms with van der Waals surface area (Å²) in [7, 11) is 1.68. The maximum atomic E-state index is 10.1. The van der Waals surface area contributed by atoms with Crippen molar-refractivity contribution in [3.63, 3.8) is 0 Å². The van der Waals surface area contributed by atoms with Gasteiger partial charge in [-0.15, -0.1) is 0 Å². The number of methoxy groups -OCH3 is 1. The molecule has 2 aromatic rings. The molecule has 0 saturated carbocycles. The van der Waals surface area contributed by atoms with Crippen LogP contribution in [-0.4, -0.2) is 39.5 Å². The summed E-state index contributed by atoms with van der Waals surface area (Å²) in [6.07, 6.45) is 2.48. The van der Waals surface area contributed by atoms with Gasteiger partial charge in [-0.3, -0.25) is 9.58 Å². The molecule has 0 spiro atoms. The predicted octanol–water partition coefficient (Wildman–Crippen LogP) is 2.78. The lowest BCUT2D eigenvalue weighted by Gasteiger charge is -2.24. The van der Waals surface area contributed by atoms with Crippen molar-refractivity contribution in [2.75, 3.05) is 13.7 Å². The number of ether oxygens (including phenoxy) is 1. The number of rotatable bonds is 5. The van der Waals surface area contributed by atoms with Gasteiger partial charge in [0.15, 0.2) is 0 Å². The Morgan fingerprint density at radius 3 is 2.87 bits per heavy atom. The summed E-state index contributed by atoms with van der Waals surface area (Å²) in [5, 5.41) is 14.8. The number of hydrogen-bond acceptors (Lipinski definition) is 4. The average Bonchev–Trinajstić information content (AvgIpc) is 3.14. The van der Waals surface area contributed by atoms with Gasteiger partial charge < -0.3 is 9.84 Å². The minimum absolute atomic E-state index is 0.198. The standard InChI is InChI=1S/C18H25N3O2/c1-13(2)21-8-7-15(19-21)11-20-12-16(22)10-18(20)14-5-4-6-17(9-14)23-3/h4-9,13,16,18,22H,10-12H2,1-3H3/t16-,18+/m0/s1. The first-order chi connectivity index (χ1) is 11.1. The van der Waals surface area contributed by atoms with Gasteiger partial charge in [0, 0.05) is 31.4 Å². The maximum Gasteiger partial charge on any atom is 0.119 e. The largest absolute Gasteiger partial charge is 0.497 e. The maximum absolute atomic E-state index is 10.1. The van der Waals surface area contributed by atoms with E-state index >= 15 is 0 Å². The Labute approximate surface area is 137 Å². The molecule has 0 aliphatic carbocycles. The predicted molar refractivity (Wildman–Crippen MR) is 89.4 cm³/mol. The van der Waals surface area contributed by atoms with Crippen molar-refractivity contribution in [2.45, 2.75) is 45.0 Å². The Morgan fingerprint density at radius 1 is 1.35 bits per heavy atom. The lowest BCUT2D eigenvalue weighted by atomic mass is 10.0. The number of likely N-dealkylation sites (tertiary alicyclic amines) is 1. The van der Waals surface area contributed by atoms with Crippen molar-refractivity contribution in [3.05, 3.63) is 47.8 Å². The van der Waals surface area contributed by atoms with Crippen molar-refractivity contribution in [1.82, 2.24) is 14.7 Å². The molecule has 1 aliphatic heterocycles. The molecule has 1 fully saturated rings. The molecule has 0 unspecified atom stereocenters. The van der Waals surface area contributed by atoms with Crippen LogP contribution in [0.5, 0.6) is 5.75 Å². The molecule has 2 heterocycles. The second-order valence-corrected chi connectivity index (χ2v) is 6.49. The van der Waals surface area contributed by atoms with Crippen LogP contribution in [0.2, 0.25) is 0 Å². The first-order valence-corrected chi connectivity index (χ1v) is 8.17. The Bertz CT molecular complexity index is 653. The number of aromatic nitrogens is 2. The van der Waals surface area contributed by atoms with Crippen LogP contribution in [0.1, 0.15) is 43.6 Å². The van der Waals surface area contributed by atoms with Crippen molar-refractivity contribution in [1.29, 1.82) is 0 Å². The SMILES string of the molecule is COc1cccc([C@H]2C[C@H](O)CN2Cc2ccn(C(C)C)n2)c1. The summed E-state index contributed by atoms with van der Waals surface area (Å²) in [4.78, 5) is 2.30. The first-order valence-electron chi connectivity index (χ1n) is 8.17. The number of aliphatic hydroxyl groups is 1. The van der Waals surface area contributed by atoms with Crippen LogP contribution in [-0.2, 0) is 6.54 Å². The molecular formula is C18H25N3O2. The summed E-state index contributed by atoms with van der Waals surface area (Å²) < 4.78 is 7.30. The lowest BCUT2D eigenvalue weighted by Crippen LogP contribution is -2.24. The van der Waals surface area contributed by atoms with E-state index in [-0.39, 0.29) is 12.1 Å². The van der Waals surface area contributed by atoms with Crippen LogP contribution in [0.25, 0.3) is 0 Å². The van der Waals surface area contributed by atoms with Crippen molar-refractivity contribution in [3.8, 4) is 5.75 Å². The van der Waals surface area contributed by atoms with Crippen LogP contribution >= 0.6 is 0 Å². The Kier molecular flexibility index (Phi) is 4.68. The number of β-amino-alcohol motifs (C(OH)–C–C–N with tert-alkyl or cyclic N) is 1. The molecule has 1 saturated heterocycles. The van der Waals surface area contributed by atoms with E-state index < -0.39 is 0 Å². The minimum atomic E-state index is -0.293. The van der Waals surface area contributed by atoms with Crippen molar-refractivity contribution >= 4 is 0 Å². The van der Waals surface area contributed by atoms with E-state index in [0.717, 1.165) is 24.4 Å². The van der Waals surface area contributed by atoms with Gasteiger partial charge in [-0.05, 0) is 44.0 Å². The summed E-state index contributed by atoms with van der Waals surface area (Å²) >= 11 is 0. The molecule has 1 aliphatic rings. The quantitative estimate of drug-likeness (QED) is 0.922. The van der Waals surface area contributed by atoms with E-state index in [4.69, 9.17) is 4.74 Å². The Balaban J connectivity index is 1.78. The molecule has 1 aromatic carbocycles. The molecule has 0 radical (unpaired) electrons. The highest BCUT2D eigenvalue weighted by atomic mass is 16.5. The number of hydrogen-bond donors (Lipinski definition) is 1. The van der Waals surface area contributed by atoms with Gasteiger partial charge in [0.2, 0.25) is 0 Å². The Morgan fingerprint density at radius 2 is 2.17 bits per heavy atom. The fraction of sp³-hybridized carbons (Fsp3) is 0.500. The molecule has 124 valence electrons. The molecule has 23 heavy (non-hydrogen) atoms. The molecule has 0 bridgehead atoms. The monoisotopic (exact) mass is 315 g/mol. The van der Waals surface area contributed by atoms with Crippen LogP contribution in [0.15, 0.2) is 36.5 Å². The highest BCUT2D eigenvalue weighted by Crippen LogP contribution is 2.34. The van der Waals surface area contributed by atoms with E-state index in [9.17, 15) is 5.11 Å². The molecule has 0 amide bonds. The van der Waals surface area contributed by atoms with Gasteiger partial charge in [-0.1, -0.05) is 12.1 Å². The third kappa shape index (κ3) is 3.57. The van der Waals surface area contributed by atoms with E-state index in [1.165, 1.54) is 5.56 Å². The zero-order valence-corrected chi connectivity index (χ0v) is 14.0. The van der Waals surface area contributed by atoms with Gasteiger partial charge in [-0.25, -0.2) is 0 Å². The van der Waals surface area contributed by atoms with E-state index in [2.05, 4.69) is 42.0 Å². The van der Waals surface area contributed by atoms with Gasteiger partial charge in [0.05, 0.1) is 18.9 Å². The van der Waals surface area contributed by atoms with Crippen molar-refractivity contribution < 1.29 is 9.84 Å². The lowest BCUT2D eigenvalue weighted by molar-refractivity contribution is 0.172. The van der Waals surface area contributed by atoms with Crippen molar-refractivity contribution in [2.24, 2.45) is 0 Å². The van der Waals surface area contributed by atoms with E-state index in [0.29, 0.717) is 12.6 Å².